The molecule has 0 unspecified atom stereocenters. The molecule has 2 nitrogen and oxygen atoms in total. The van der Waals surface area contributed by atoms with E-state index < -0.39 is 0 Å². The zero-order chi connectivity index (χ0) is 29.8. The molecule has 0 fully saturated rings. The number of nitrogens with zero attached hydrogens (tertiary/aromatic N) is 2. The van der Waals surface area contributed by atoms with Gasteiger partial charge in [0.25, 0.3) is 0 Å². The van der Waals surface area contributed by atoms with Crippen LogP contribution in [-0.4, -0.2) is 8.80 Å². The van der Waals surface area contributed by atoms with Crippen molar-refractivity contribution in [2.45, 2.75) is 6.92 Å². The molecule has 0 radical (unpaired) electrons. The van der Waals surface area contributed by atoms with Crippen molar-refractivity contribution in [2.75, 3.05) is 0 Å². The highest BCUT2D eigenvalue weighted by atomic mass is 14.9. The molecule has 0 bridgehead atoms. The summed E-state index contributed by atoms with van der Waals surface area (Å²) in [6.07, 6.45) is 8.19. The summed E-state index contributed by atoms with van der Waals surface area (Å²) in [4.78, 5) is 0. The van der Waals surface area contributed by atoms with Crippen LogP contribution in [0.25, 0.3) is 92.9 Å². The van der Waals surface area contributed by atoms with Crippen LogP contribution in [0, 0.1) is 0 Å². The third-order valence-electron chi connectivity index (χ3n) is 9.86. The maximum absolute atomic E-state index is 3.96. The van der Waals surface area contributed by atoms with Gasteiger partial charge in [-0.15, -0.1) is 0 Å². The van der Waals surface area contributed by atoms with Crippen molar-refractivity contribution in [1.82, 2.24) is 8.80 Å². The highest BCUT2D eigenvalue weighted by Gasteiger charge is 2.24. The fourth-order valence-electron chi connectivity index (χ4n) is 8.16. The predicted molar refractivity (Wildman–Crippen MR) is 194 cm³/mol. The van der Waals surface area contributed by atoms with Gasteiger partial charge in [-0.2, -0.15) is 0 Å². The zero-order valence-electron chi connectivity index (χ0n) is 24.9. The van der Waals surface area contributed by atoms with Crippen LogP contribution in [0.15, 0.2) is 146 Å². The predicted octanol–water partition coefficient (Wildman–Crippen LogP) is 11.8. The molecular formula is C43H28N2. The Morgan fingerprint density at radius 1 is 0.533 bits per heavy atom. The summed E-state index contributed by atoms with van der Waals surface area (Å²) in [5.74, 6) is 0. The van der Waals surface area contributed by atoms with E-state index in [0.717, 1.165) is 5.57 Å². The quantitative estimate of drug-likeness (QED) is 0.186. The number of rotatable bonds is 4. The van der Waals surface area contributed by atoms with Gasteiger partial charge in [0.1, 0.15) is 0 Å². The number of allylic oxidation sites excluding steroid dienone is 5. The first-order valence-electron chi connectivity index (χ1n) is 15.6. The Morgan fingerprint density at radius 3 is 1.98 bits per heavy atom. The smallest absolute Gasteiger partial charge is 0.0626 e. The van der Waals surface area contributed by atoms with Crippen LogP contribution in [-0.2, 0) is 0 Å². The summed E-state index contributed by atoms with van der Waals surface area (Å²) in [5.41, 5.74) is 12.5. The lowest BCUT2D eigenvalue weighted by Gasteiger charge is -2.09. The second-order valence-corrected chi connectivity index (χ2v) is 12.1. The van der Waals surface area contributed by atoms with Gasteiger partial charge in [0.15, 0.2) is 0 Å². The van der Waals surface area contributed by atoms with Crippen molar-refractivity contribution < 1.29 is 0 Å². The fraction of sp³-hybridized carbons (Fsp3) is 0.0233. The molecule has 4 aromatic heterocycles. The van der Waals surface area contributed by atoms with Gasteiger partial charge in [-0.1, -0.05) is 122 Å². The number of para-hydroxylation sites is 4. The number of benzene rings is 6. The van der Waals surface area contributed by atoms with E-state index in [2.05, 4.69) is 156 Å². The summed E-state index contributed by atoms with van der Waals surface area (Å²) in [6, 6.07) is 42.9. The van der Waals surface area contributed by atoms with Gasteiger partial charge in [0.05, 0.1) is 33.1 Å². The van der Waals surface area contributed by atoms with Crippen LogP contribution in [0.5, 0.6) is 0 Å². The lowest BCUT2D eigenvalue weighted by Crippen LogP contribution is -1.87. The second kappa shape index (κ2) is 8.84. The third-order valence-corrected chi connectivity index (χ3v) is 9.86. The van der Waals surface area contributed by atoms with Crippen LogP contribution in [0.1, 0.15) is 12.5 Å². The third kappa shape index (κ3) is 3.03. The Hall–Kier alpha value is -5.86. The van der Waals surface area contributed by atoms with Crippen LogP contribution in [0.2, 0.25) is 0 Å². The molecule has 2 heteroatoms. The van der Waals surface area contributed by atoms with Gasteiger partial charge < -0.3 is 8.80 Å². The van der Waals surface area contributed by atoms with Crippen LogP contribution >= 0.6 is 0 Å². The zero-order valence-corrected chi connectivity index (χ0v) is 24.9. The minimum atomic E-state index is 1.16. The van der Waals surface area contributed by atoms with E-state index in [1.165, 1.54) is 92.9 Å². The molecule has 0 spiro atoms. The molecule has 0 aliphatic rings. The molecule has 45 heavy (non-hydrogen) atoms. The highest BCUT2D eigenvalue weighted by molar-refractivity contribution is 6.30. The van der Waals surface area contributed by atoms with Gasteiger partial charge in [0.2, 0.25) is 0 Å². The van der Waals surface area contributed by atoms with Gasteiger partial charge in [0, 0.05) is 48.7 Å². The average molecular weight is 573 g/mol. The molecule has 0 amide bonds. The summed E-state index contributed by atoms with van der Waals surface area (Å²) in [6.45, 7) is 6.02. The number of fused-ring (bicyclic) bond motifs is 12. The molecule has 0 N–H and O–H groups in total. The fourth-order valence-corrected chi connectivity index (χ4v) is 8.16. The average Bonchev–Trinajstić information content (AvgIpc) is 3.81. The standard InChI is InChI=1S/C43H28N2/c1-3-11-26(12-4-2)27-21-24-39-36(25-27)34-23-22-29(40-35-14-6-8-20-38(35)44(39)43(34)40)31-16-10-18-33-32-17-9-15-30-28-13-5-7-19-37(28)45(41(30)32)42(31)33/h3-25H,1H2,2H3/b12-4-,26-11+. The van der Waals surface area contributed by atoms with E-state index in [0.29, 0.717) is 0 Å². The van der Waals surface area contributed by atoms with Crippen molar-refractivity contribution in [3.05, 3.63) is 152 Å². The summed E-state index contributed by atoms with van der Waals surface area (Å²) in [7, 11) is 0. The molecular weight excluding hydrogens is 544 g/mol. The molecule has 4 heterocycles. The topological polar surface area (TPSA) is 8.82 Å². The Balaban J connectivity index is 1.37. The minimum Gasteiger partial charge on any atom is -0.308 e. The Morgan fingerprint density at radius 2 is 1.18 bits per heavy atom. The number of aromatic nitrogens is 2. The molecule has 0 saturated heterocycles. The van der Waals surface area contributed by atoms with Crippen molar-refractivity contribution in [2.24, 2.45) is 0 Å². The van der Waals surface area contributed by atoms with Crippen LogP contribution < -0.4 is 0 Å². The van der Waals surface area contributed by atoms with Crippen molar-refractivity contribution in [1.29, 1.82) is 0 Å². The van der Waals surface area contributed by atoms with Crippen LogP contribution in [0.3, 0.4) is 0 Å². The van der Waals surface area contributed by atoms with E-state index in [4.69, 9.17) is 0 Å². The molecule has 10 rings (SSSR count). The SMILES string of the molecule is C=C/C=C(\C=C/C)c1ccc2c(c1)c1ccc(-c3cccc4c5cccc6c7ccccc7n(c34)c65)c3c4ccccc4n2c13. The van der Waals surface area contributed by atoms with Gasteiger partial charge in [-0.05, 0) is 47.9 Å². The van der Waals surface area contributed by atoms with E-state index in [1.54, 1.807) is 0 Å². The van der Waals surface area contributed by atoms with E-state index >= 15 is 0 Å². The lowest BCUT2D eigenvalue weighted by molar-refractivity contribution is 1.37. The molecule has 10 aromatic rings. The minimum absolute atomic E-state index is 1.16. The molecule has 6 aromatic carbocycles. The van der Waals surface area contributed by atoms with Gasteiger partial charge in [-0.3, -0.25) is 0 Å². The summed E-state index contributed by atoms with van der Waals surface area (Å²) < 4.78 is 5.00. The molecule has 210 valence electrons. The first-order chi connectivity index (χ1) is 22.3. The van der Waals surface area contributed by atoms with Crippen molar-refractivity contribution in [3.63, 3.8) is 0 Å². The van der Waals surface area contributed by atoms with Crippen molar-refractivity contribution >= 4 is 81.8 Å². The van der Waals surface area contributed by atoms with E-state index in [1.807, 2.05) is 6.08 Å². The Kier molecular flexibility index (Phi) is 4.83. The summed E-state index contributed by atoms with van der Waals surface area (Å²) in [5, 5.41) is 10.4. The maximum Gasteiger partial charge on any atom is 0.0626 e. The molecule has 0 aliphatic carbocycles. The van der Waals surface area contributed by atoms with E-state index in [9.17, 15) is 0 Å². The highest BCUT2D eigenvalue weighted by Crippen LogP contribution is 2.47. The number of hydrogen-bond donors (Lipinski definition) is 0. The van der Waals surface area contributed by atoms with Crippen molar-refractivity contribution in [3.8, 4) is 11.1 Å². The molecule has 0 saturated carbocycles. The largest absolute Gasteiger partial charge is 0.308 e. The van der Waals surface area contributed by atoms with Gasteiger partial charge in [-0.25, -0.2) is 0 Å². The molecule has 0 atom stereocenters. The summed E-state index contributed by atoms with van der Waals surface area (Å²) >= 11 is 0. The lowest BCUT2D eigenvalue weighted by atomic mass is 9.95. The maximum atomic E-state index is 3.96. The van der Waals surface area contributed by atoms with Gasteiger partial charge >= 0.3 is 0 Å². The molecule has 0 aliphatic heterocycles. The Bertz CT molecular complexity index is 2890. The second-order valence-electron chi connectivity index (χ2n) is 12.1. The van der Waals surface area contributed by atoms with E-state index in [-0.39, 0.29) is 0 Å². The first kappa shape index (κ1) is 24.6. The first-order valence-corrected chi connectivity index (χ1v) is 15.6. The monoisotopic (exact) mass is 572 g/mol. The Labute approximate surface area is 259 Å². The van der Waals surface area contributed by atoms with Crippen LogP contribution in [0.4, 0.5) is 0 Å². The normalized spacial score (nSPS) is 13.1. The number of hydrogen-bond acceptors (Lipinski definition) is 0.